The molecule has 0 aliphatic carbocycles. The van der Waals surface area contributed by atoms with Crippen molar-refractivity contribution in [3.8, 4) is 0 Å². The summed E-state index contributed by atoms with van der Waals surface area (Å²) in [6, 6.07) is -0.275. The molecule has 1 saturated heterocycles. The molecule has 20 heavy (non-hydrogen) atoms. The molecular formula is C13H20N2O5. The zero-order valence-corrected chi connectivity index (χ0v) is 11.8. The molecule has 7 nitrogen and oxygen atoms in total. The first kappa shape index (κ1) is 15.0. The van der Waals surface area contributed by atoms with Crippen molar-refractivity contribution in [1.29, 1.82) is 0 Å². The molecule has 7 heteroatoms. The number of urea groups is 1. The van der Waals surface area contributed by atoms with Crippen LogP contribution in [0.2, 0.25) is 0 Å². The van der Waals surface area contributed by atoms with Gasteiger partial charge < -0.3 is 29.5 Å². The highest BCUT2D eigenvalue weighted by Crippen LogP contribution is 2.31. The summed E-state index contributed by atoms with van der Waals surface area (Å²) in [7, 11) is 4.69. The molecule has 0 aromatic carbocycles. The van der Waals surface area contributed by atoms with Crippen LogP contribution in [0.4, 0.5) is 4.79 Å². The Hall–Kier alpha value is -1.41. The molecule has 2 N–H and O–H groups in total. The third-order valence-electron chi connectivity index (χ3n) is 3.50. The van der Waals surface area contributed by atoms with Crippen LogP contribution >= 0.6 is 0 Å². The average Bonchev–Trinajstić information content (AvgIpc) is 2.71. The molecule has 0 spiro atoms. The van der Waals surface area contributed by atoms with Crippen LogP contribution in [0.5, 0.6) is 0 Å². The van der Waals surface area contributed by atoms with E-state index in [0.29, 0.717) is 17.9 Å². The minimum atomic E-state index is -0.855. The molecule has 0 aromatic heterocycles. The summed E-state index contributed by atoms with van der Waals surface area (Å²) in [6.45, 7) is 4.10. The summed E-state index contributed by atoms with van der Waals surface area (Å²) < 4.78 is 16.2. The van der Waals surface area contributed by atoms with Gasteiger partial charge in [-0.2, -0.15) is 0 Å². The molecule has 0 saturated carbocycles. The number of aliphatic hydroxyl groups is 1. The molecule has 2 aliphatic heterocycles. The molecule has 0 bridgehead atoms. The van der Waals surface area contributed by atoms with Crippen LogP contribution in [-0.4, -0.2) is 68.3 Å². The van der Waals surface area contributed by atoms with Gasteiger partial charge in [0.25, 0.3) is 0 Å². The Morgan fingerprint density at radius 2 is 2.25 bits per heavy atom. The van der Waals surface area contributed by atoms with Crippen LogP contribution in [0.3, 0.4) is 0 Å². The zero-order chi connectivity index (χ0) is 14.9. The van der Waals surface area contributed by atoms with E-state index in [1.54, 1.807) is 20.4 Å². The summed E-state index contributed by atoms with van der Waals surface area (Å²) in [4.78, 5) is 12.9. The van der Waals surface area contributed by atoms with E-state index in [-0.39, 0.29) is 12.1 Å². The Morgan fingerprint density at radius 1 is 1.55 bits per heavy atom. The Kier molecular flexibility index (Phi) is 4.44. The second-order valence-corrected chi connectivity index (χ2v) is 4.85. The lowest BCUT2D eigenvalue weighted by molar-refractivity contribution is -0.0424. The number of carbonyl (C=O) groups excluding carboxylic acids is 1. The number of hydrogen-bond acceptors (Lipinski definition) is 5. The van der Waals surface area contributed by atoms with E-state index in [9.17, 15) is 9.90 Å². The minimum Gasteiger partial charge on any atom is -0.387 e. The predicted molar refractivity (Wildman–Crippen MR) is 70.9 cm³/mol. The number of rotatable bonds is 4. The largest absolute Gasteiger partial charge is 0.387 e. The molecular weight excluding hydrogens is 264 g/mol. The number of nitrogens with zero attached hydrogens (tertiary/aromatic N) is 1. The maximum atomic E-state index is 11.5. The standard InChI is InChI=1S/C13H20N2O5/c1-7-8(5-15(2)13(17)14-7)11-10(16)12(19-4)9(20-11)6-18-3/h5,9-12,16H,1,6H2,2-4H3,(H,14,17)/t9-,10-,11+,12?/m1/s1. The second kappa shape index (κ2) is 5.92. The number of methoxy groups -OCH3 is 2. The highest BCUT2D eigenvalue weighted by molar-refractivity contribution is 5.80. The molecule has 1 unspecified atom stereocenters. The van der Waals surface area contributed by atoms with Gasteiger partial charge in [0.2, 0.25) is 0 Å². The molecule has 1 fully saturated rings. The molecule has 4 atom stereocenters. The van der Waals surface area contributed by atoms with Gasteiger partial charge >= 0.3 is 6.03 Å². The predicted octanol–water partition coefficient (Wildman–Crippen LogP) is -0.171. The lowest BCUT2D eigenvalue weighted by Gasteiger charge is -2.28. The summed E-state index contributed by atoms with van der Waals surface area (Å²) in [6.07, 6.45) is -0.725. The summed E-state index contributed by atoms with van der Waals surface area (Å²) in [5.74, 6) is 0. The van der Waals surface area contributed by atoms with Gasteiger partial charge in [-0.15, -0.1) is 0 Å². The number of amides is 2. The van der Waals surface area contributed by atoms with Gasteiger partial charge in [-0.3, -0.25) is 0 Å². The smallest absolute Gasteiger partial charge is 0.325 e. The van der Waals surface area contributed by atoms with Crippen LogP contribution in [0.25, 0.3) is 0 Å². The number of aliphatic hydroxyl groups excluding tert-OH is 1. The molecule has 2 amide bonds. The van der Waals surface area contributed by atoms with E-state index in [2.05, 4.69) is 11.9 Å². The zero-order valence-electron chi connectivity index (χ0n) is 11.8. The van der Waals surface area contributed by atoms with Crippen molar-refractivity contribution in [3.63, 3.8) is 0 Å². The highest BCUT2D eigenvalue weighted by atomic mass is 16.6. The fraction of sp³-hybridized carbons (Fsp3) is 0.615. The van der Waals surface area contributed by atoms with Crippen LogP contribution in [0.15, 0.2) is 24.0 Å². The average molecular weight is 284 g/mol. The Bertz CT molecular complexity index is 436. The van der Waals surface area contributed by atoms with Crippen molar-refractivity contribution in [2.75, 3.05) is 27.9 Å². The van der Waals surface area contributed by atoms with Crippen LogP contribution in [-0.2, 0) is 14.2 Å². The maximum absolute atomic E-state index is 11.5. The highest BCUT2D eigenvalue weighted by Gasteiger charge is 2.46. The molecule has 2 rings (SSSR count). The van der Waals surface area contributed by atoms with Gasteiger partial charge in [0.1, 0.15) is 24.4 Å². The molecule has 2 aliphatic rings. The number of ether oxygens (including phenoxy) is 3. The lowest BCUT2D eigenvalue weighted by atomic mass is 9.99. The van der Waals surface area contributed by atoms with Gasteiger partial charge in [-0.1, -0.05) is 6.58 Å². The van der Waals surface area contributed by atoms with Crippen molar-refractivity contribution in [1.82, 2.24) is 10.2 Å². The fourth-order valence-electron chi connectivity index (χ4n) is 2.47. The monoisotopic (exact) mass is 284 g/mol. The Morgan fingerprint density at radius 3 is 2.85 bits per heavy atom. The number of hydrogen-bond donors (Lipinski definition) is 2. The molecule has 0 radical (unpaired) electrons. The van der Waals surface area contributed by atoms with Crippen molar-refractivity contribution < 1.29 is 24.1 Å². The molecule has 112 valence electrons. The molecule has 0 aromatic rings. The van der Waals surface area contributed by atoms with Gasteiger partial charge in [0, 0.05) is 38.7 Å². The van der Waals surface area contributed by atoms with E-state index >= 15 is 0 Å². The Labute approximate surface area is 117 Å². The maximum Gasteiger partial charge on any atom is 0.325 e. The van der Waals surface area contributed by atoms with Crippen molar-refractivity contribution >= 4 is 6.03 Å². The van der Waals surface area contributed by atoms with E-state index in [1.807, 2.05) is 0 Å². The Balaban J connectivity index is 2.22. The van der Waals surface area contributed by atoms with E-state index < -0.39 is 18.3 Å². The number of carbonyl (C=O) groups is 1. The van der Waals surface area contributed by atoms with E-state index in [4.69, 9.17) is 14.2 Å². The second-order valence-electron chi connectivity index (χ2n) is 4.85. The number of nitrogens with one attached hydrogen (secondary N) is 1. The molecule has 2 heterocycles. The van der Waals surface area contributed by atoms with Crippen molar-refractivity contribution in [2.24, 2.45) is 0 Å². The van der Waals surface area contributed by atoms with Gasteiger partial charge in [-0.05, 0) is 0 Å². The summed E-state index contributed by atoms with van der Waals surface area (Å²) in [5.41, 5.74) is 1.05. The fourth-order valence-corrected chi connectivity index (χ4v) is 2.47. The van der Waals surface area contributed by atoms with E-state index in [0.717, 1.165) is 0 Å². The van der Waals surface area contributed by atoms with Crippen LogP contribution < -0.4 is 5.32 Å². The normalized spacial score (nSPS) is 34.2. The summed E-state index contributed by atoms with van der Waals surface area (Å²) in [5, 5.41) is 13.0. The van der Waals surface area contributed by atoms with Crippen LogP contribution in [0, 0.1) is 0 Å². The van der Waals surface area contributed by atoms with Gasteiger partial charge in [0.05, 0.1) is 6.61 Å². The van der Waals surface area contributed by atoms with Crippen molar-refractivity contribution in [3.05, 3.63) is 24.0 Å². The van der Waals surface area contributed by atoms with Gasteiger partial charge in [-0.25, -0.2) is 4.79 Å². The topological polar surface area (TPSA) is 80.3 Å². The SMILES string of the molecule is C=C1NC(=O)N(C)C=C1[C@@H]1O[C@H](COC)C(OC)[C@@H]1O. The first-order chi connectivity index (χ1) is 9.49. The van der Waals surface area contributed by atoms with Crippen LogP contribution in [0.1, 0.15) is 0 Å². The first-order valence-corrected chi connectivity index (χ1v) is 6.29. The first-order valence-electron chi connectivity index (χ1n) is 6.29. The summed E-state index contributed by atoms with van der Waals surface area (Å²) >= 11 is 0. The lowest BCUT2D eigenvalue weighted by Crippen LogP contribution is -2.43. The third-order valence-corrected chi connectivity index (χ3v) is 3.50. The minimum absolute atomic E-state index is 0.275. The third kappa shape index (κ3) is 2.57. The quantitative estimate of drug-likeness (QED) is 0.749. The van der Waals surface area contributed by atoms with Gasteiger partial charge in [0.15, 0.2) is 0 Å². The van der Waals surface area contributed by atoms with E-state index in [1.165, 1.54) is 12.0 Å². The van der Waals surface area contributed by atoms with Crippen molar-refractivity contribution in [2.45, 2.75) is 24.4 Å².